The van der Waals surface area contributed by atoms with Crippen molar-refractivity contribution in [2.75, 3.05) is 17.2 Å². The fraction of sp³-hybridized carbons (Fsp3) is 0.471. The second-order valence-corrected chi connectivity index (χ2v) is 8.13. The van der Waals surface area contributed by atoms with Crippen molar-refractivity contribution in [3.63, 3.8) is 0 Å². The van der Waals surface area contributed by atoms with E-state index in [2.05, 4.69) is 4.98 Å². The van der Waals surface area contributed by atoms with Crippen molar-refractivity contribution >= 4 is 40.4 Å². The molecule has 142 valence electrons. The normalized spacial score (nSPS) is 11.1. The third-order valence-corrected chi connectivity index (χ3v) is 5.02. The highest BCUT2D eigenvalue weighted by molar-refractivity contribution is 7.18. The summed E-state index contributed by atoms with van der Waals surface area (Å²) in [6.07, 6.45) is 1.59. The molecule has 0 spiro atoms. The Bertz CT molecular complexity index is 900. The second-order valence-electron chi connectivity index (χ2n) is 6.41. The Kier molecular flexibility index (Phi) is 6.66. The number of nitrogens with one attached hydrogen (secondary N) is 1. The summed E-state index contributed by atoms with van der Waals surface area (Å²) in [6, 6.07) is 3.24. The zero-order chi connectivity index (χ0) is 19.4. The predicted octanol–water partition coefficient (Wildman–Crippen LogP) is 2.94. The van der Waals surface area contributed by atoms with E-state index in [1.165, 1.54) is 9.47 Å². The first-order valence-electron chi connectivity index (χ1n) is 8.46. The van der Waals surface area contributed by atoms with Crippen LogP contribution in [-0.4, -0.2) is 22.0 Å². The smallest absolute Gasteiger partial charge is 0.330 e. The quantitative estimate of drug-likeness (QED) is 0.748. The van der Waals surface area contributed by atoms with Crippen LogP contribution in [0.4, 0.5) is 11.5 Å². The molecule has 0 fully saturated rings. The van der Waals surface area contributed by atoms with Crippen LogP contribution in [-0.2, 0) is 6.54 Å². The first-order chi connectivity index (χ1) is 12.3. The van der Waals surface area contributed by atoms with Gasteiger partial charge in [-0.15, -0.1) is 11.3 Å². The number of hydrogen-bond donors (Lipinski definition) is 2. The van der Waals surface area contributed by atoms with Gasteiger partial charge in [0.1, 0.15) is 5.82 Å². The van der Waals surface area contributed by atoms with E-state index in [1.807, 2.05) is 20.8 Å². The molecule has 0 saturated heterocycles. The van der Waals surface area contributed by atoms with E-state index in [0.717, 1.165) is 24.2 Å². The van der Waals surface area contributed by atoms with Gasteiger partial charge in [0.15, 0.2) is 5.69 Å². The third-order valence-electron chi connectivity index (χ3n) is 3.80. The minimum absolute atomic E-state index is 0.00357. The van der Waals surface area contributed by atoms with Gasteiger partial charge in [-0.2, -0.15) is 0 Å². The lowest BCUT2D eigenvalue weighted by atomic mass is 10.2. The molecule has 2 aromatic heterocycles. The molecule has 0 aliphatic carbocycles. The molecule has 0 atom stereocenters. The van der Waals surface area contributed by atoms with E-state index in [-0.39, 0.29) is 29.9 Å². The van der Waals surface area contributed by atoms with E-state index in [0.29, 0.717) is 15.8 Å². The molecule has 2 rings (SSSR count). The maximum absolute atomic E-state index is 13.0. The van der Waals surface area contributed by atoms with Crippen molar-refractivity contribution in [1.82, 2.24) is 9.55 Å². The molecule has 0 aromatic carbocycles. The van der Waals surface area contributed by atoms with Crippen molar-refractivity contribution < 1.29 is 4.79 Å². The van der Waals surface area contributed by atoms with Crippen LogP contribution in [0, 0.1) is 5.92 Å². The summed E-state index contributed by atoms with van der Waals surface area (Å²) in [6.45, 7) is 6.51. The molecule has 2 heterocycles. The number of anilines is 2. The zero-order valence-electron chi connectivity index (χ0n) is 15.0. The number of thiophene rings is 1. The van der Waals surface area contributed by atoms with E-state index in [9.17, 15) is 14.4 Å². The average molecular weight is 399 g/mol. The molecular formula is C17H23ClN4O3S. The molecule has 2 aromatic rings. The van der Waals surface area contributed by atoms with Crippen molar-refractivity contribution in [2.24, 2.45) is 5.92 Å². The van der Waals surface area contributed by atoms with Crippen molar-refractivity contribution in [2.45, 2.75) is 40.2 Å². The van der Waals surface area contributed by atoms with Crippen molar-refractivity contribution in [1.29, 1.82) is 0 Å². The first kappa shape index (κ1) is 20.3. The number of carbonyl (C=O) groups excluding carboxylic acids is 1. The van der Waals surface area contributed by atoms with E-state index in [4.69, 9.17) is 17.3 Å². The number of hydrogen-bond acceptors (Lipinski definition) is 5. The molecule has 0 unspecified atom stereocenters. The lowest BCUT2D eigenvalue weighted by molar-refractivity contribution is 0.0987. The van der Waals surface area contributed by atoms with Gasteiger partial charge in [-0.05, 0) is 24.5 Å². The molecular weight excluding hydrogens is 376 g/mol. The lowest BCUT2D eigenvalue weighted by Gasteiger charge is -2.25. The number of H-pyrrole nitrogens is 1. The second kappa shape index (κ2) is 8.55. The summed E-state index contributed by atoms with van der Waals surface area (Å²) in [5, 5.41) is 0. The molecule has 9 heteroatoms. The maximum Gasteiger partial charge on any atom is 0.330 e. The molecule has 0 saturated carbocycles. The van der Waals surface area contributed by atoms with Crippen LogP contribution in [0.15, 0.2) is 21.7 Å². The summed E-state index contributed by atoms with van der Waals surface area (Å²) in [4.78, 5) is 41.6. The number of unbranched alkanes of at least 4 members (excludes halogenated alkanes) is 1. The average Bonchev–Trinajstić information content (AvgIpc) is 2.99. The van der Waals surface area contributed by atoms with Gasteiger partial charge in [-0.3, -0.25) is 24.0 Å². The molecule has 0 aliphatic rings. The summed E-state index contributed by atoms with van der Waals surface area (Å²) >= 11 is 7.07. The Morgan fingerprint density at radius 2 is 2.08 bits per heavy atom. The Morgan fingerprint density at radius 1 is 1.38 bits per heavy atom. The van der Waals surface area contributed by atoms with E-state index < -0.39 is 11.2 Å². The number of nitrogens with zero attached hydrogens (tertiary/aromatic N) is 2. The van der Waals surface area contributed by atoms with Crippen LogP contribution in [0.3, 0.4) is 0 Å². The summed E-state index contributed by atoms with van der Waals surface area (Å²) in [7, 11) is 0. The highest BCUT2D eigenvalue weighted by atomic mass is 35.5. The summed E-state index contributed by atoms with van der Waals surface area (Å²) in [5.74, 6) is -0.276. The third kappa shape index (κ3) is 4.37. The van der Waals surface area contributed by atoms with Crippen LogP contribution in [0.5, 0.6) is 0 Å². The molecule has 0 radical (unpaired) electrons. The monoisotopic (exact) mass is 398 g/mol. The van der Waals surface area contributed by atoms with Gasteiger partial charge in [0.25, 0.3) is 11.5 Å². The van der Waals surface area contributed by atoms with Crippen LogP contribution in [0.25, 0.3) is 0 Å². The SMILES string of the molecule is CCCCn1c(N)c(N(CC(C)C)C(=O)c2ccc(Cl)s2)c(=O)[nH]c1=O. The zero-order valence-corrected chi connectivity index (χ0v) is 16.6. The van der Waals surface area contributed by atoms with Gasteiger partial charge in [-0.25, -0.2) is 4.79 Å². The van der Waals surface area contributed by atoms with Crippen LogP contribution in [0.1, 0.15) is 43.3 Å². The number of halogens is 1. The number of nitrogens with two attached hydrogens (primary N) is 1. The minimum atomic E-state index is -0.670. The van der Waals surface area contributed by atoms with Crippen molar-refractivity contribution in [3.05, 3.63) is 42.2 Å². The molecule has 26 heavy (non-hydrogen) atoms. The van der Waals surface area contributed by atoms with Gasteiger partial charge in [0.2, 0.25) is 0 Å². The summed E-state index contributed by atoms with van der Waals surface area (Å²) < 4.78 is 1.79. The fourth-order valence-corrected chi connectivity index (χ4v) is 3.57. The standard InChI is InChI=1S/C17H23ClN4O3S/c1-4-5-8-21-14(19)13(15(23)20-17(21)25)22(9-10(2)3)16(24)11-6-7-12(18)26-11/h6-7,10H,4-5,8-9,19H2,1-3H3,(H,20,23,25). The topological polar surface area (TPSA) is 101 Å². The molecule has 0 bridgehead atoms. The number of nitrogen functional groups attached to an aromatic ring is 1. The van der Waals surface area contributed by atoms with Crippen LogP contribution >= 0.6 is 22.9 Å². The van der Waals surface area contributed by atoms with Crippen LogP contribution < -0.4 is 21.9 Å². The number of aromatic amines is 1. The molecule has 3 N–H and O–H groups in total. The molecule has 7 nitrogen and oxygen atoms in total. The fourth-order valence-electron chi connectivity index (χ4n) is 2.58. The number of amides is 1. The van der Waals surface area contributed by atoms with E-state index in [1.54, 1.807) is 12.1 Å². The summed E-state index contributed by atoms with van der Waals surface area (Å²) in [5.41, 5.74) is 4.92. The maximum atomic E-state index is 13.0. The highest BCUT2D eigenvalue weighted by Crippen LogP contribution is 2.26. The Labute approximate surface area is 160 Å². The lowest BCUT2D eigenvalue weighted by Crippen LogP contribution is -2.42. The number of rotatable bonds is 7. The Balaban J connectivity index is 2.59. The van der Waals surface area contributed by atoms with Gasteiger partial charge >= 0.3 is 5.69 Å². The van der Waals surface area contributed by atoms with Gasteiger partial charge in [-0.1, -0.05) is 38.8 Å². The predicted molar refractivity (Wildman–Crippen MR) is 106 cm³/mol. The van der Waals surface area contributed by atoms with Gasteiger partial charge in [0.05, 0.1) is 9.21 Å². The number of carbonyl (C=O) groups is 1. The minimum Gasteiger partial charge on any atom is -0.383 e. The first-order valence-corrected chi connectivity index (χ1v) is 9.65. The van der Waals surface area contributed by atoms with Gasteiger partial charge < -0.3 is 5.73 Å². The Morgan fingerprint density at radius 3 is 2.62 bits per heavy atom. The highest BCUT2D eigenvalue weighted by Gasteiger charge is 2.26. The van der Waals surface area contributed by atoms with Gasteiger partial charge in [0, 0.05) is 13.1 Å². The molecule has 1 amide bonds. The number of aromatic nitrogens is 2. The van der Waals surface area contributed by atoms with Crippen LogP contribution in [0.2, 0.25) is 4.34 Å². The Hall–Kier alpha value is -2.06. The molecule has 0 aliphatic heterocycles. The van der Waals surface area contributed by atoms with Crippen molar-refractivity contribution in [3.8, 4) is 0 Å². The largest absolute Gasteiger partial charge is 0.383 e. The van der Waals surface area contributed by atoms with E-state index >= 15 is 0 Å².